The second kappa shape index (κ2) is 6.91. The Bertz CT molecular complexity index is 613. The van der Waals surface area contributed by atoms with E-state index in [-0.39, 0.29) is 0 Å². The Morgan fingerprint density at radius 1 is 0.857 bits per heavy atom. The van der Waals surface area contributed by atoms with Crippen molar-refractivity contribution in [3.05, 3.63) is 69.8 Å². The summed E-state index contributed by atoms with van der Waals surface area (Å²) in [5.41, 5.74) is 8.28. The molecule has 0 aromatic heterocycles. The molecule has 1 atom stereocenters. The predicted molar refractivity (Wildman–Crippen MR) is 92.0 cm³/mol. The molecule has 21 heavy (non-hydrogen) atoms. The van der Waals surface area contributed by atoms with Gasteiger partial charge in [0.05, 0.1) is 0 Å². The van der Waals surface area contributed by atoms with Crippen LogP contribution in [-0.2, 0) is 6.42 Å². The normalized spacial score (nSPS) is 12.4. The molecule has 0 bridgehead atoms. The first-order valence-electron chi connectivity index (χ1n) is 7.88. The highest BCUT2D eigenvalue weighted by molar-refractivity contribution is 5.36. The molecular weight excluding hydrogens is 254 g/mol. The Morgan fingerprint density at radius 2 is 1.57 bits per heavy atom. The second-order valence-corrected chi connectivity index (χ2v) is 6.09. The molecular formula is C20H27N. The van der Waals surface area contributed by atoms with Gasteiger partial charge >= 0.3 is 0 Å². The summed E-state index contributed by atoms with van der Waals surface area (Å²) in [5.74, 6) is 0. The van der Waals surface area contributed by atoms with Gasteiger partial charge in [-0.2, -0.15) is 0 Å². The number of aryl methyl sites for hydroxylation is 4. The third-order valence-electron chi connectivity index (χ3n) is 4.27. The number of hydrogen-bond donors (Lipinski definition) is 1. The van der Waals surface area contributed by atoms with Crippen molar-refractivity contribution in [3.8, 4) is 0 Å². The molecule has 0 radical (unpaired) electrons. The van der Waals surface area contributed by atoms with Crippen LogP contribution < -0.4 is 5.32 Å². The summed E-state index contributed by atoms with van der Waals surface area (Å²) >= 11 is 0. The summed E-state index contributed by atoms with van der Waals surface area (Å²) in [7, 11) is 0. The zero-order chi connectivity index (χ0) is 15.4. The fraction of sp³-hybridized carbons (Fsp3) is 0.400. The molecule has 1 nitrogen and oxygen atoms in total. The molecule has 0 amide bonds. The van der Waals surface area contributed by atoms with E-state index in [0.717, 1.165) is 13.0 Å². The Morgan fingerprint density at radius 3 is 2.24 bits per heavy atom. The van der Waals surface area contributed by atoms with Crippen LogP contribution in [0.4, 0.5) is 0 Å². The molecule has 0 aliphatic carbocycles. The number of nitrogens with one attached hydrogen (secondary N) is 1. The minimum Gasteiger partial charge on any atom is -0.310 e. The van der Waals surface area contributed by atoms with Gasteiger partial charge in [-0.3, -0.25) is 0 Å². The molecule has 0 saturated carbocycles. The quantitative estimate of drug-likeness (QED) is 0.829. The van der Waals surface area contributed by atoms with Crippen LogP contribution in [0.15, 0.2) is 36.4 Å². The van der Waals surface area contributed by atoms with Gasteiger partial charge in [-0.1, -0.05) is 48.9 Å². The largest absolute Gasteiger partial charge is 0.310 e. The van der Waals surface area contributed by atoms with E-state index in [2.05, 4.69) is 76.3 Å². The molecule has 1 unspecified atom stereocenters. The van der Waals surface area contributed by atoms with Crippen LogP contribution in [0.3, 0.4) is 0 Å². The van der Waals surface area contributed by atoms with Crippen molar-refractivity contribution in [1.82, 2.24) is 5.32 Å². The van der Waals surface area contributed by atoms with Crippen molar-refractivity contribution < 1.29 is 0 Å². The molecule has 2 rings (SSSR count). The fourth-order valence-corrected chi connectivity index (χ4v) is 2.84. The van der Waals surface area contributed by atoms with Gasteiger partial charge in [-0.25, -0.2) is 0 Å². The van der Waals surface area contributed by atoms with Gasteiger partial charge in [-0.05, 0) is 68.5 Å². The maximum Gasteiger partial charge on any atom is 0.0363 e. The standard InChI is InChI=1S/C20H27N/c1-6-21-20(19-11-14(2)7-8-16(19)4)13-18-10-9-15(3)17(5)12-18/h7-12,20-21H,6,13H2,1-5H3. The Balaban J connectivity index is 2.30. The summed E-state index contributed by atoms with van der Waals surface area (Å²) in [6.45, 7) is 11.9. The number of benzene rings is 2. The van der Waals surface area contributed by atoms with Crippen LogP contribution >= 0.6 is 0 Å². The lowest BCUT2D eigenvalue weighted by molar-refractivity contribution is 0.547. The van der Waals surface area contributed by atoms with E-state index in [4.69, 9.17) is 0 Å². The van der Waals surface area contributed by atoms with E-state index in [0.29, 0.717) is 6.04 Å². The van der Waals surface area contributed by atoms with Crippen LogP contribution in [0, 0.1) is 27.7 Å². The Hall–Kier alpha value is -1.60. The Labute approximate surface area is 129 Å². The summed E-state index contributed by atoms with van der Waals surface area (Å²) in [6, 6.07) is 14.0. The molecule has 1 N–H and O–H groups in total. The number of hydrogen-bond acceptors (Lipinski definition) is 1. The van der Waals surface area contributed by atoms with Crippen LogP contribution in [0.25, 0.3) is 0 Å². The van der Waals surface area contributed by atoms with E-state index in [1.807, 2.05) is 0 Å². The first-order chi connectivity index (χ1) is 10.0. The van der Waals surface area contributed by atoms with Gasteiger partial charge in [0.1, 0.15) is 0 Å². The van der Waals surface area contributed by atoms with Crippen LogP contribution in [0.5, 0.6) is 0 Å². The SMILES string of the molecule is CCNC(Cc1ccc(C)c(C)c1)c1cc(C)ccc1C. The molecule has 0 aliphatic heterocycles. The van der Waals surface area contributed by atoms with Gasteiger partial charge in [0.25, 0.3) is 0 Å². The Kier molecular flexibility index (Phi) is 5.19. The molecule has 0 aliphatic rings. The van der Waals surface area contributed by atoms with Gasteiger partial charge < -0.3 is 5.32 Å². The van der Waals surface area contributed by atoms with Crippen molar-refractivity contribution in [2.75, 3.05) is 6.54 Å². The highest BCUT2D eigenvalue weighted by atomic mass is 14.9. The maximum atomic E-state index is 3.65. The zero-order valence-electron chi connectivity index (χ0n) is 14.0. The van der Waals surface area contributed by atoms with E-state index in [9.17, 15) is 0 Å². The third kappa shape index (κ3) is 3.95. The summed E-state index contributed by atoms with van der Waals surface area (Å²) in [6.07, 6.45) is 1.04. The summed E-state index contributed by atoms with van der Waals surface area (Å²) in [5, 5.41) is 3.65. The minimum atomic E-state index is 0.386. The smallest absolute Gasteiger partial charge is 0.0363 e. The molecule has 112 valence electrons. The van der Waals surface area contributed by atoms with E-state index in [1.165, 1.54) is 33.4 Å². The van der Waals surface area contributed by atoms with Crippen molar-refractivity contribution in [3.63, 3.8) is 0 Å². The van der Waals surface area contributed by atoms with Crippen molar-refractivity contribution in [2.24, 2.45) is 0 Å². The highest BCUT2D eigenvalue weighted by Gasteiger charge is 2.14. The van der Waals surface area contributed by atoms with Crippen LogP contribution in [0.2, 0.25) is 0 Å². The summed E-state index contributed by atoms with van der Waals surface area (Å²) in [4.78, 5) is 0. The molecule has 2 aromatic rings. The van der Waals surface area contributed by atoms with Crippen molar-refractivity contribution in [1.29, 1.82) is 0 Å². The van der Waals surface area contributed by atoms with Gasteiger partial charge in [0.15, 0.2) is 0 Å². The van der Waals surface area contributed by atoms with Crippen molar-refractivity contribution in [2.45, 2.75) is 47.1 Å². The first-order valence-corrected chi connectivity index (χ1v) is 7.88. The highest BCUT2D eigenvalue weighted by Crippen LogP contribution is 2.24. The molecule has 1 heteroatoms. The molecule has 0 saturated heterocycles. The minimum absolute atomic E-state index is 0.386. The third-order valence-corrected chi connectivity index (χ3v) is 4.27. The van der Waals surface area contributed by atoms with E-state index in [1.54, 1.807) is 0 Å². The monoisotopic (exact) mass is 281 g/mol. The number of likely N-dealkylation sites (N-methyl/N-ethyl adjacent to an activating group) is 1. The number of rotatable bonds is 5. The molecule has 2 aromatic carbocycles. The first kappa shape index (κ1) is 15.8. The lowest BCUT2D eigenvalue weighted by Gasteiger charge is -2.21. The predicted octanol–water partition coefficient (Wildman–Crippen LogP) is 4.81. The molecule has 0 spiro atoms. The average Bonchev–Trinajstić information content (AvgIpc) is 2.45. The van der Waals surface area contributed by atoms with Crippen LogP contribution in [-0.4, -0.2) is 6.54 Å². The average molecular weight is 281 g/mol. The zero-order valence-corrected chi connectivity index (χ0v) is 14.0. The van der Waals surface area contributed by atoms with E-state index >= 15 is 0 Å². The molecule has 0 fully saturated rings. The van der Waals surface area contributed by atoms with E-state index < -0.39 is 0 Å². The van der Waals surface area contributed by atoms with Gasteiger partial charge in [-0.15, -0.1) is 0 Å². The second-order valence-electron chi connectivity index (χ2n) is 6.09. The van der Waals surface area contributed by atoms with Gasteiger partial charge in [0.2, 0.25) is 0 Å². The topological polar surface area (TPSA) is 12.0 Å². The molecule has 0 heterocycles. The fourth-order valence-electron chi connectivity index (χ4n) is 2.84. The maximum absolute atomic E-state index is 3.65. The lowest BCUT2D eigenvalue weighted by Crippen LogP contribution is -2.24. The van der Waals surface area contributed by atoms with Gasteiger partial charge in [0, 0.05) is 6.04 Å². The lowest BCUT2D eigenvalue weighted by atomic mass is 9.93. The summed E-state index contributed by atoms with van der Waals surface area (Å²) < 4.78 is 0. The van der Waals surface area contributed by atoms with Crippen molar-refractivity contribution >= 4 is 0 Å². The van der Waals surface area contributed by atoms with Crippen LogP contribution in [0.1, 0.15) is 46.3 Å².